The van der Waals surface area contributed by atoms with Crippen LogP contribution in [-0.4, -0.2) is 59.1 Å². The molecular formula is C14H19N3O6. The Morgan fingerprint density at radius 1 is 1.48 bits per heavy atom. The maximum atomic E-state index is 12.3. The summed E-state index contributed by atoms with van der Waals surface area (Å²) in [6.45, 7) is 1.69. The number of nitrogens with two attached hydrogens (primary N) is 1. The third kappa shape index (κ3) is 4.07. The zero-order chi connectivity index (χ0) is 17.1. The topological polar surface area (TPSA) is 139 Å². The predicted octanol–water partition coefficient (Wildman–Crippen LogP) is -1.98. The number of carbonyl (C=O) groups excluding carboxylic acids is 4. The van der Waals surface area contributed by atoms with Crippen LogP contribution in [0.5, 0.6) is 0 Å². The number of nitrogens with zero attached hydrogens (tertiary/aromatic N) is 1. The van der Waals surface area contributed by atoms with Crippen LogP contribution >= 0.6 is 0 Å². The second kappa shape index (κ2) is 6.78. The number of rotatable bonds is 4. The Morgan fingerprint density at radius 3 is 2.74 bits per heavy atom. The van der Waals surface area contributed by atoms with Gasteiger partial charge in [0.1, 0.15) is 12.0 Å². The van der Waals surface area contributed by atoms with Crippen molar-refractivity contribution >= 4 is 23.7 Å². The molecule has 3 amide bonds. The third-order valence-corrected chi connectivity index (χ3v) is 3.76. The van der Waals surface area contributed by atoms with Gasteiger partial charge in [-0.2, -0.15) is 0 Å². The van der Waals surface area contributed by atoms with Crippen molar-refractivity contribution in [3.8, 4) is 0 Å². The average Bonchev–Trinajstić information content (AvgIpc) is 2.67. The number of aliphatic hydroxyl groups excluding tert-OH is 1. The van der Waals surface area contributed by atoms with Gasteiger partial charge in [-0.05, 0) is 13.3 Å². The summed E-state index contributed by atoms with van der Waals surface area (Å²) in [6.07, 6.45) is 0.426. The summed E-state index contributed by atoms with van der Waals surface area (Å²) in [6, 6.07) is -0.847. The predicted molar refractivity (Wildman–Crippen MR) is 76.3 cm³/mol. The highest BCUT2D eigenvalue weighted by atomic mass is 16.6. The van der Waals surface area contributed by atoms with Crippen LogP contribution in [0.1, 0.15) is 19.8 Å². The molecular weight excluding hydrogens is 306 g/mol. The molecule has 2 aliphatic heterocycles. The lowest BCUT2D eigenvalue weighted by molar-refractivity contribution is -0.155. The quantitative estimate of drug-likeness (QED) is 0.311. The smallest absolute Gasteiger partial charge is 0.310 e. The van der Waals surface area contributed by atoms with Crippen molar-refractivity contribution in [1.29, 1.82) is 0 Å². The Morgan fingerprint density at radius 2 is 2.17 bits per heavy atom. The molecule has 2 heterocycles. The lowest BCUT2D eigenvalue weighted by Crippen LogP contribution is -2.49. The van der Waals surface area contributed by atoms with Crippen molar-refractivity contribution in [3.05, 3.63) is 11.6 Å². The van der Waals surface area contributed by atoms with Gasteiger partial charge in [-0.1, -0.05) is 11.6 Å². The zero-order valence-corrected chi connectivity index (χ0v) is 12.7. The van der Waals surface area contributed by atoms with Crippen molar-refractivity contribution in [2.24, 2.45) is 11.7 Å². The number of nitrogens with one attached hydrogen (secondary N) is 1. The van der Waals surface area contributed by atoms with E-state index < -0.39 is 41.9 Å². The summed E-state index contributed by atoms with van der Waals surface area (Å²) < 4.78 is 4.52. The lowest BCUT2D eigenvalue weighted by Gasteiger charge is -2.24. The van der Waals surface area contributed by atoms with Gasteiger partial charge in [-0.3, -0.25) is 19.2 Å². The second-order valence-corrected chi connectivity index (χ2v) is 5.69. The number of allylic oxidation sites excluding steroid dienone is 1. The molecule has 23 heavy (non-hydrogen) atoms. The molecule has 3 unspecified atom stereocenters. The van der Waals surface area contributed by atoms with Crippen LogP contribution in [-0.2, 0) is 23.9 Å². The first-order valence-corrected chi connectivity index (χ1v) is 7.18. The molecule has 9 heteroatoms. The van der Waals surface area contributed by atoms with Crippen molar-refractivity contribution in [2.75, 3.05) is 13.1 Å². The molecule has 3 atom stereocenters. The fourth-order valence-electron chi connectivity index (χ4n) is 2.55. The molecule has 2 aliphatic rings. The third-order valence-electron chi connectivity index (χ3n) is 3.76. The summed E-state index contributed by atoms with van der Waals surface area (Å²) in [5, 5.41) is 11.9. The highest BCUT2D eigenvalue weighted by Crippen LogP contribution is 2.17. The molecule has 2 rings (SSSR count). The molecule has 1 fully saturated rings. The van der Waals surface area contributed by atoms with Crippen molar-refractivity contribution in [3.63, 3.8) is 0 Å². The van der Waals surface area contributed by atoms with Crippen molar-refractivity contribution in [1.82, 2.24) is 10.2 Å². The first-order chi connectivity index (χ1) is 10.8. The normalized spacial score (nSPS) is 28.0. The Kier molecular flexibility index (Phi) is 4.99. The highest BCUT2D eigenvalue weighted by Gasteiger charge is 2.36. The standard InChI is InChI=1S/C14H19N3O6/c1-7-2-3-8(12(15)20)13(21)17(5-7)6-10(18)16-9-4-11(19)23-14(9)22/h2,8-9,14,22H,3-6H2,1H3,(H2,15,20)(H,16,18). The van der Waals surface area contributed by atoms with E-state index in [0.717, 1.165) is 5.57 Å². The van der Waals surface area contributed by atoms with E-state index in [-0.39, 0.29) is 25.9 Å². The van der Waals surface area contributed by atoms with Gasteiger partial charge in [-0.25, -0.2) is 0 Å². The number of carbonyl (C=O) groups is 4. The number of esters is 1. The minimum atomic E-state index is -1.40. The van der Waals surface area contributed by atoms with Crippen molar-refractivity contribution in [2.45, 2.75) is 32.1 Å². The number of hydrogen-bond acceptors (Lipinski definition) is 6. The van der Waals surface area contributed by atoms with E-state index in [1.165, 1.54) is 4.90 Å². The molecule has 1 saturated heterocycles. The van der Waals surface area contributed by atoms with Gasteiger partial charge in [0.05, 0.1) is 13.0 Å². The van der Waals surface area contributed by atoms with Crippen LogP contribution in [0.4, 0.5) is 0 Å². The monoisotopic (exact) mass is 325 g/mol. The van der Waals surface area contributed by atoms with Crippen LogP contribution in [0, 0.1) is 5.92 Å². The number of ether oxygens (including phenoxy) is 1. The lowest BCUT2D eigenvalue weighted by atomic mass is 10.0. The second-order valence-electron chi connectivity index (χ2n) is 5.69. The number of primary amides is 1. The summed E-state index contributed by atoms with van der Waals surface area (Å²) in [7, 11) is 0. The number of aliphatic hydroxyl groups is 1. The first kappa shape index (κ1) is 16.9. The van der Waals surface area contributed by atoms with Gasteiger partial charge in [0.25, 0.3) is 0 Å². The highest BCUT2D eigenvalue weighted by molar-refractivity contribution is 6.01. The molecule has 0 aliphatic carbocycles. The van der Waals surface area contributed by atoms with Crippen LogP contribution in [0.15, 0.2) is 11.6 Å². The molecule has 0 radical (unpaired) electrons. The maximum absolute atomic E-state index is 12.3. The van der Waals surface area contributed by atoms with E-state index in [2.05, 4.69) is 10.1 Å². The van der Waals surface area contributed by atoms with E-state index in [1.54, 1.807) is 13.0 Å². The van der Waals surface area contributed by atoms with Gasteiger partial charge >= 0.3 is 5.97 Å². The minimum Gasteiger partial charge on any atom is -0.434 e. The largest absolute Gasteiger partial charge is 0.434 e. The summed E-state index contributed by atoms with van der Waals surface area (Å²) >= 11 is 0. The zero-order valence-electron chi connectivity index (χ0n) is 12.7. The summed E-state index contributed by atoms with van der Waals surface area (Å²) in [5.41, 5.74) is 6.07. The molecule has 0 aromatic rings. The number of amides is 3. The fraction of sp³-hybridized carbons (Fsp3) is 0.571. The first-order valence-electron chi connectivity index (χ1n) is 7.18. The van der Waals surface area contributed by atoms with Gasteiger partial charge < -0.3 is 25.8 Å². The Hall–Kier alpha value is -2.42. The van der Waals surface area contributed by atoms with E-state index >= 15 is 0 Å². The van der Waals surface area contributed by atoms with Crippen LogP contribution in [0.25, 0.3) is 0 Å². The minimum absolute atomic E-state index is 0.135. The van der Waals surface area contributed by atoms with Crippen LogP contribution in [0.3, 0.4) is 0 Å². The average molecular weight is 325 g/mol. The van der Waals surface area contributed by atoms with Crippen LogP contribution in [0.2, 0.25) is 0 Å². The molecule has 0 bridgehead atoms. The number of hydrogen-bond donors (Lipinski definition) is 3. The summed E-state index contributed by atoms with van der Waals surface area (Å²) in [5.74, 6) is -3.42. The molecule has 0 aromatic heterocycles. The Balaban J connectivity index is 2.00. The Labute approximate surface area is 132 Å². The van der Waals surface area contributed by atoms with E-state index in [9.17, 15) is 24.3 Å². The fourth-order valence-corrected chi connectivity index (χ4v) is 2.55. The van der Waals surface area contributed by atoms with Gasteiger partial charge in [0.15, 0.2) is 0 Å². The van der Waals surface area contributed by atoms with E-state index in [4.69, 9.17) is 5.73 Å². The molecule has 126 valence electrons. The summed E-state index contributed by atoms with van der Waals surface area (Å²) in [4.78, 5) is 48.0. The molecule has 0 aromatic carbocycles. The molecule has 9 nitrogen and oxygen atoms in total. The van der Waals surface area contributed by atoms with Gasteiger partial charge in [0.2, 0.25) is 24.0 Å². The molecule has 0 saturated carbocycles. The van der Waals surface area contributed by atoms with Gasteiger partial charge in [0, 0.05) is 6.54 Å². The Bertz CT molecular complexity index is 573. The molecule has 0 spiro atoms. The number of cyclic esters (lactones) is 1. The maximum Gasteiger partial charge on any atom is 0.310 e. The van der Waals surface area contributed by atoms with Crippen molar-refractivity contribution < 1.29 is 29.0 Å². The van der Waals surface area contributed by atoms with Gasteiger partial charge in [-0.15, -0.1) is 0 Å². The van der Waals surface area contributed by atoms with E-state index in [0.29, 0.717) is 0 Å². The van der Waals surface area contributed by atoms with E-state index in [1.807, 2.05) is 0 Å². The molecule has 4 N–H and O–H groups in total. The SMILES string of the molecule is CC1=CCC(C(N)=O)C(=O)N(CC(=O)NC2CC(=O)OC2O)C1. The van der Waals surface area contributed by atoms with Crippen LogP contribution < -0.4 is 11.1 Å².